The van der Waals surface area contributed by atoms with Crippen LogP contribution in [0.1, 0.15) is 37.2 Å². The fourth-order valence-corrected chi connectivity index (χ4v) is 4.90. The van der Waals surface area contributed by atoms with Crippen molar-refractivity contribution in [3.05, 3.63) is 66.1 Å². The number of aromatic nitrogens is 2. The number of ether oxygens (including phenoxy) is 1. The highest BCUT2D eigenvalue weighted by atomic mass is 19.3. The summed E-state index contributed by atoms with van der Waals surface area (Å²) in [6.07, 6.45) is 5.95. The zero-order valence-corrected chi connectivity index (χ0v) is 19.5. The van der Waals surface area contributed by atoms with E-state index in [1.54, 1.807) is 11.1 Å². The van der Waals surface area contributed by atoms with Crippen molar-refractivity contribution in [2.75, 3.05) is 31.1 Å². The van der Waals surface area contributed by atoms with Gasteiger partial charge in [0.1, 0.15) is 5.75 Å². The fraction of sp³-hybridized carbons (Fsp3) is 0.407. The van der Waals surface area contributed by atoms with Crippen molar-refractivity contribution >= 4 is 22.5 Å². The maximum Gasteiger partial charge on any atom is 0.294 e. The summed E-state index contributed by atoms with van der Waals surface area (Å²) in [7, 11) is 0. The van der Waals surface area contributed by atoms with Crippen LogP contribution in [-0.4, -0.2) is 52.7 Å². The number of hydrogen-bond donors (Lipinski definition) is 0. The second-order valence-corrected chi connectivity index (χ2v) is 9.74. The molecule has 0 N–H and O–H groups in total. The Balaban J connectivity index is 1.09. The molecule has 3 heterocycles. The van der Waals surface area contributed by atoms with Gasteiger partial charge in [0.2, 0.25) is 0 Å². The van der Waals surface area contributed by atoms with Gasteiger partial charge in [-0.25, -0.2) is 8.78 Å². The molecule has 8 heteroatoms. The van der Waals surface area contributed by atoms with Crippen molar-refractivity contribution < 1.29 is 18.3 Å². The molecule has 0 unspecified atom stereocenters. The molecule has 2 aliphatic heterocycles. The van der Waals surface area contributed by atoms with Gasteiger partial charge in [0.05, 0.1) is 18.3 Å². The Hall–Kier alpha value is -3.26. The molecular formula is C27H28F2N4O2. The second-order valence-electron chi connectivity index (χ2n) is 9.74. The average molecular weight is 479 g/mol. The third-order valence-corrected chi connectivity index (χ3v) is 7.22. The van der Waals surface area contributed by atoms with Crippen LogP contribution in [0.2, 0.25) is 0 Å². The summed E-state index contributed by atoms with van der Waals surface area (Å²) < 4.78 is 34.6. The number of likely N-dealkylation sites (tertiary alicyclic amines) is 1. The van der Waals surface area contributed by atoms with Crippen LogP contribution in [0.4, 0.5) is 14.5 Å². The molecule has 6 rings (SSSR count). The number of nitrogens with zero attached hydrogens (tertiary/aromatic N) is 4. The number of piperidine rings is 1. The van der Waals surface area contributed by atoms with Crippen LogP contribution in [0.5, 0.6) is 5.75 Å². The van der Waals surface area contributed by atoms with Gasteiger partial charge in [-0.1, -0.05) is 12.1 Å². The first kappa shape index (κ1) is 22.2. The molecule has 35 heavy (non-hydrogen) atoms. The van der Waals surface area contributed by atoms with Crippen LogP contribution in [0, 0.1) is 0 Å². The first-order valence-electron chi connectivity index (χ1n) is 12.3. The molecule has 1 saturated heterocycles. The highest BCUT2D eigenvalue weighted by Gasteiger charge is 2.33. The highest BCUT2D eigenvalue weighted by molar-refractivity contribution is 6.08. The fourth-order valence-electron chi connectivity index (χ4n) is 4.90. The molecule has 0 radical (unpaired) electrons. The summed E-state index contributed by atoms with van der Waals surface area (Å²) in [6, 6.07) is 13.9. The minimum atomic E-state index is -2.53. The van der Waals surface area contributed by atoms with E-state index in [0.717, 1.165) is 16.6 Å². The first-order valence-corrected chi connectivity index (χ1v) is 12.3. The van der Waals surface area contributed by atoms with E-state index in [0.29, 0.717) is 50.2 Å². The first-order chi connectivity index (χ1) is 16.9. The summed E-state index contributed by atoms with van der Waals surface area (Å²) in [5, 5.41) is 5.43. The number of carbonyl (C=O) groups is 1. The molecule has 0 bridgehead atoms. The third kappa shape index (κ3) is 4.67. The van der Waals surface area contributed by atoms with E-state index < -0.39 is 5.92 Å². The molecule has 1 aliphatic carbocycles. The van der Waals surface area contributed by atoms with E-state index in [-0.39, 0.29) is 18.7 Å². The van der Waals surface area contributed by atoms with Gasteiger partial charge in [-0.2, -0.15) is 5.10 Å². The molecular weight excluding hydrogens is 450 g/mol. The Morgan fingerprint density at radius 2 is 1.80 bits per heavy atom. The van der Waals surface area contributed by atoms with E-state index in [4.69, 9.17) is 4.74 Å². The lowest BCUT2D eigenvalue weighted by Crippen LogP contribution is -2.40. The minimum absolute atomic E-state index is 0.0778. The lowest BCUT2D eigenvalue weighted by molar-refractivity contribution is -0.116. The largest absolute Gasteiger partial charge is 0.452 e. The van der Waals surface area contributed by atoms with Crippen LogP contribution < -0.4 is 9.64 Å². The van der Waals surface area contributed by atoms with Gasteiger partial charge in [0.15, 0.2) is 5.76 Å². The second kappa shape index (κ2) is 8.75. The Labute approximate surface area is 202 Å². The van der Waals surface area contributed by atoms with E-state index in [2.05, 4.69) is 22.1 Å². The van der Waals surface area contributed by atoms with Gasteiger partial charge in [-0.3, -0.25) is 9.48 Å². The normalized spacial score (nSPS) is 20.5. The Morgan fingerprint density at radius 1 is 1.03 bits per heavy atom. The van der Waals surface area contributed by atoms with Gasteiger partial charge >= 0.3 is 0 Å². The molecule has 3 aliphatic rings. The Bertz CT molecular complexity index is 1270. The summed E-state index contributed by atoms with van der Waals surface area (Å²) in [5.74, 6) is -0.996. The number of fused-ring (bicyclic) bond motifs is 1. The lowest BCUT2D eigenvalue weighted by Gasteiger charge is -2.31. The number of rotatable bonds is 7. The molecule has 6 nitrogen and oxygen atoms in total. The molecule has 1 saturated carbocycles. The summed E-state index contributed by atoms with van der Waals surface area (Å²) in [6.45, 7) is 2.60. The van der Waals surface area contributed by atoms with Crippen LogP contribution in [0.15, 0.2) is 60.5 Å². The van der Waals surface area contributed by atoms with Crippen molar-refractivity contribution in [2.45, 2.75) is 44.1 Å². The number of benzene rings is 2. The Morgan fingerprint density at radius 3 is 2.54 bits per heavy atom. The van der Waals surface area contributed by atoms with Crippen molar-refractivity contribution in [3.63, 3.8) is 0 Å². The standard InChI is InChI=1S/C27H28F2N4O2/c28-27(29)10-13-31(14-11-27)15-16-33-24-8-5-22(17-21(24)18-30-33)32-12-9-25(26(32)34)35-23-6-3-20(4-7-23)19-1-2-19/h3-9,17-19H,1-2,10-16H2. The zero-order chi connectivity index (χ0) is 24.0. The van der Waals surface area contributed by atoms with Crippen LogP contribution >= 0.6 is 0 Å². The molecule has 1 amide bonds. The summed E-state index contributed by atoms with van der Waals surface area (Å²) in [4.78, 5) is 16.8. The summed E-state index contributed by atoms with van der Waals surface area (Å²) >= 11 is 0. The number of carbonyl (C=O) groups excluding carboxylic acids is 1. The predicted octanol–water partition coefficient (Wildman–Crippen LogP) is 4.95. The van der Waals surface area contributed by atoms with Gasteiger partial charge < -0.3 is 14.5 Å². The third-order valence-electron chi connectivity index (χ3n) is 7.22. The van der Waals surface area contributed by atoms with Crippen LogP contribution in [0.3, 0.4) is 0 Å². The maximum atomic E-state index is 13.4. The van der Waals surface area contributed by atoms with Gasteiger partial charge in [0.25, 0.3) is 11.8 Å². The van der Waals surface area contributed by atoms with Crippen molar-refractivity contribution in [3.8, 4) is 5.75 Å². The zero-order valence-electron chi connectivity index (χ0n) is 19.5. The maximum absolute atomic E-state index is 13.4. The lowest BCUT2D eigenvalue weighted by atomic mass is 10.1. The summed E-state index contributed by atoms with van der Waals surface area (Å²) in [5.41, 5.74) is 3.08. The van der Waals surface area contributed by atoms with Gasteiger partial charge in [0, 0.05) is 50.1 Å². The van der Waals surface area contributed by atoms with Crippen molar-refractivity contribution in [1.29, 1.82) is 0 Å². The number of amides is 1. The Kier molecular flexibility index (Phi) is 5.56. The number of alkyl halides is 2. The molecule has 182 valence electrons. The quantitative estimate of drug-likeness (QED) is 0.482. The molecule has 0 spiro atoms. The highest BCUT2D eigenvalue weighted by Crippen LogP contribution is 2.40. The number of halogens is 2. The SMILES string of the molecule is O=C1C(Oc2ccc(C3CC3)cc2)=CCN1c1ccc2c(cnn2CCN2CCC(F)(F)CC2)c1. The molecule has 2 aromatic carbocycles. The number of anilines is 1. The molecule has 2 fully saturated rings. The molecule has 3 aromatic rings. The topological polar surface area (TPSA) is 50.6 Å². The van der Waals surface area contributed by atoms with E-state index in [1.807, 2.05) is 41.1 Å². The predicted molar refractivity (Wildman–Crippen MR) is 130 cm³/mol. The van der Waals surface area contributed by atoms with Crippen LogP contribution in [0.25, 0.3) is 10.9 Å². The van der Waals surface area contributed by atoms with Crippen molar-refractivity contribution in [2.24, 2.45) is 0 Å². The van der Waals surface area contributed by atoms with Crippen molar-refractivity contribution in [1.82, 2.24) is 14.7 Å². The van der Waals surface area contributed by atoms with Crippen LogP contribution in [-0.2, 0) is 11.3 Å². The van der Waals surface area contributed by atoms with E-state index >= 15 is 0 Å². The van der Waals surface area contributed by atoms with Gasteiger partial charge in [-0.15, -0.1) is 0 Å². The monoisotopic (exact) mass is 478 g/mol. The van der Waals surface area contributed by atoms with Gasteiger partial charge in [-0.05, 0) is 60.7 Å². The smallest absolute Gasteiger partial charge is 0.294 e. The van der Waals surface area contributed by atoms with E-state index in [1.165, 1.54) is 18.4 Å². The minimum Gasteiger partial charge on any atom is -0.452 e. The molecule has 1 aromatic heterocycles. The molecule has 0 atom stereocenters. The van der Waals surface area contributed by atoms with E-state index in [9.17, 15) is 13.6 Å². The average Bonchev–Trinajstić information content (AvgIpc) is 3.54. The number of hydrogen-bond acceptors (Lipinski definition) is 4.